The van der Waals surface area contributed by atoms with E-state index in [9.17, 15) is 14.9 Å². The molecule has 0 aliphatic heterocycles. The summed E-state index contributed by atoms with van der Waals surface area (Å²) in [6, 6.07) is 17.0. The van der Waals surface area contributed by atoms with Crippen LogP contribution in [-0.2, 0) is 16.1 Å². The lowest BCUT2D eigenvalue weighted by atomic mass is 10.1. The fourth-order valence-corrected chi connectivity index (χ4v) is 3.02. The van der Waals surface area contributed by atoms with Crippen LogP contribution in [0.2, 0.25) is 0 Å². The van der Waals surface area contributed by atoms with E-state index in [1.165, 1.54) is 26.4 Å². The van der Waals surface area contributed by atoms with Crippen LogP contribution in [0.1, 0.15) is 21.9 Å². The van der Waals surface area contributed by atoms with Gasteiger partial charge in [0.05, 0.1) is 14.2 Å². The first-order valence-corrected chi connectivity index (χ1v) is 10.4. The van der Waals surface area contributed by atoms with Crippen molar-refractivity contribution in [2.45, 2.75) is 6.61 Å². The number of anilines is 1. The van der Waals surface area contributed by atoms with E-state index in [1.54, 1.807) is 48.5 Å². The Morgan fingerprint density at radius 1 is 1.09 bits per heavy atom. The second-order valence-electron chi connectivity index (χ2n) is 6.59. The SMILES string of the molecule is COC(=O)c1ccc(COc2ccc(C=C(C#N)C(=O)Nc3ccc(Br)cc3)cc2OC)o1. The van der Waals surface area contributed by atoms with E-state index in [0.29, 0.717) is 28.5 Å². The number of rotatable bonds is 8. The Hall–Kier alpha value is -4.03. The topological polar surface area (TPSA) is 111 Å². The highest BCUT2D eigenvalue weighted by Crippen LogP contribution is 2.30. The van der Waals surface area contributed by atoms with E-state index in [1.807, 2.05) is 6.07 Å². The second-order valence-corrected chi connectivity index (χ2v) is 7.50. The van der Waals surface area contributed by atoms with Crippen molar-refractivity contribution in [3.05, 3.63) is 81.7 Å². The van der Waals surface area contributed by atoms with Gasteiger partial charge in [0.15, 0.2) is 11.5 Å². The number of esters is 1. The van der Waals surface area contributed by atoms with Crippen LogP contribution in [0.4, 0.5) is 5.69 Å². The van der Waals surface area contributed by atoms with Crippen molar-refractivity contribution in [2.24, 2.45) is 0 Å². The average Bonchev–Trinajstić information content (AvgIpc) is 3.31. The van der Waals surface area contributed by atoms with Crippen molar-refractivity contribution >= 4 is 39.6 Å². The van der Waals surface area contributed by atoms with Crippen molar-refractivity contribution in [1.82, 2.24) is 0 Å². The molecule has 9 heteroatoms. The number of halogens is 1. The maximum absolute atomic E-state index is 12.5. The third-order valence-corrected chi connectivity index (χ3v) is 4.91. The van der Waals surface area contributed by atoms with Crippen LogP contribution in [-0.4, -0.2) is 26.1 Å². The molecule has 0 aliphatic carbocycles. The molecule has 1 heterocycles. The third kappa shape index (κ3) is 6.24. The Morgan fingerprint density at radius 3 is 2.52 bits per heavy atom. The molecule has 0 unspecified atom stereocenters. The van der Waals surface area contributed by atoms with E-state index in [2.05, 4.69) is 26.0 Å². The summed E-state index contributed by atoms with van der Waals surface area (Å²) in [4.78, 5) is 24.0. The Bertz CT molecular complexity index is 1220. The second kappa shape index (κ2) is 11.0. The lowest BCUT2D eigenvalue weighted by Crippen LogP contribution is -2.13. The van der Waals surface area contributed by atoms with Crippen LogP contribution in [0.15, 0.2) is 69.1 Å². The molecule has 1 aromatic heterocycles. The quantitative estimate of drug-likeness (QED) is 0.259. The van der Waals surface area contributed by atoms with Crippen LogP contribution in [0, 0.1) is 11.3 Å². The van der Waals surface area contributed by atoms with Gasteiger partial charge in [-0.25, -0.2) is 4.79 Å². The minimum Gasteiger partial charge on any atom is -0.493 e. The molecular formula is C24H19BrN2O6. The van der Waals surface area contributed by atoms with Gasteiger partial charge in [-0.2, -0.15) is 5.26 Å². The van der Waals surface area contributed by atoms with Crippen LogP contribution >= 0.6 is 15.9 Å². The molecule has 0 spiro atoms. The number of nitriles is 1. The van der Waals surface area contributed by atoms with E-state index >= 15 is 0 Å². The van der Waals surface area contributed by atoms with Gasteiger partial charge in [0.25, 0.3) is 5.91 Å². The fourth-order valence-electron chi connectivity index (χ4n) is 2.75. The van der Waals surface area contributed by atoms with Crippen molar-refractivity contribution < 1.29 is 28.2 Å². The largest absolute Gasteiger partial charge is 0.493 e. The highest BCUT2D eigenvalue weighted by molar-refractivity contribution is 9.10. The van der Waals surface area contributed by atoms with Crippen molar-refractivity contribution in [3.63, 3.8) is 0 Å². The van der Waals surface area contributed by atoms with Crippen LogP contribution in [0.5, 0.6) is 11.5 Å². The molecule has 0 bridgehead atoms. The van der Waals surface area contributed by atoms with Crippen molar-refractivity contribution in [3.8, 4) is 17.6 Å². The molecule has 33 heavy (non-hydrogen) atoms. The molecule has 0 aliphatic rings. The van der Waals surface area contributed by atoms with Gasteiger partial charge in [0.2, 0.25) is 5.76 Å². The smallest absolute Gasteiger partial charge is 0.373 e. The number of nitrogens with zero attached hydrogens (tertiary/aromatic N) is 1. The highest BCUT2D eigenvalue weighted by Gasteiger charge is 2.14. The number of nitrogens with one attached hydrogen (secondary N) is 1. The number of benzene rings is 2. The Balaban J connectivity index is 1.72. The molecule has 2 aromatic carbocycles. The standard InChI is InChI=1S/C24H19BrN2O6/c1-30-22-12-15(11-16(13-26)23(28)27-18-6-4-17(25)5-7-18)3-9-20(22)32-14-19-8-10-21(33-19)24(29)31-2/h3-12H,14H2,1-2H3,(H,27,28). The first-order valence-electron chi connectivity index (χ1n) is 9.60. The van der Waals surface area contributed by atoms with Gasteiger partial charge in [-0.15, -0.1) is 0 Å². The van der Waals surface area contributed by atoms with Gasteiger partial charge in [0, 0.05) is 10.2 Å². The molecule has 0 saturated carbocycles. The minimum absolute atomic E-state index is 0.0571. The van der Waals surface area contributed by atoms with Crippen LogP contribution in [0.25, 0.3) is 6.08 Å². The molecule has 8 nitrogen and oxygen atoms in total. The zero-order valence-electron chi connectivity index (χ0n) is 17.8. The van der Waals surface area contributed by atoms with E-state index in [-0.39, 0.29) is 17.9 Å². The number of hydrogen-bond acceptors (Lipinski definition) is 7. The molecule has 168 valence electrons. The maximum atomic E-state index is 12.5. The number of carbonyl (C=O) groups is 2. The van der Waals surface area contributed by atoms with Gasteiger partial charge in [0.1, 0.15) is 24.0 Å². The summed E-state index contributed by atoms with van der Waals surface area (Å²) in [7, 11) is 2.74. The molecule has 0 fully saturated rings. The summed E-state index contributed by atoms with van der Waals surface area (Å²) in [6.07, 6.45) is 1.45. The highest BCUT2D eigenvalue weighted by atomic mass is 79.9. The van der Waals surface area contributed by atoms with E-state index < -0.39 is 11.9 Å². The summed E-state index contributed by atoms with van der Waals surface area (Å²) in [5.74, 6) is 0.218. The molecule has 1 N–H and O–H groups in total. The molecule has 0 saturated heterocycles. The Kier molecular flexibility index (Phi) is 7.89. The van der Waals surface area contributed by atoms with Crippen LogP contribution < -0.4 is 14.8 Å². The van der Waals surface area contributed by atoms with Gasteiger partial charge in [-0.05, 0) is 60.2 Å². The first kappa shape index (κ1) is 23.6. The minimum atomic E-state index is -0.576. The normalized spacial score (nSPS) is 10.8. The monoisotopic (exact) mass is 510 g/mol. The predicted molar refractivity (Wildman–Crippen MR) is 124 cm³/mol. The number of carbonyl (C=O) groups excluding carboxylic acids is 2. The number of amides is 1. The van der Waals surface area contributed by atoms with Gasteiger partial charge in [-0.1, -0.05) is 22.0 Å². The predicted octanol–water partition coefficient (Wildman–Crippen LogP) is 4.96. The molecule has 1 amide bonds. The first-order chi connectivity index (χ1) is 15.9. The Morgan fingerprint density at radius 2 is 1.85 bits per heavy atom. The number of methoxy groups -OCH3 is 2. The zero-order valence-corrected chi connectivity index (χ0v) is 19.3. The fraction of sp³-hybridized carbons (Fsp3) is 0.125. The molecule has 3 rings (SSSR count). The third-order valence-electron chi connectivity index (χ3n) is 4.38. The molecular weight excluding hydrogens is 492 g/mol. The van der Waals surface area contributed by atoms with E-state index in [0.717, 1.165) is 4.47 Å². The van der Waals surface area contributed by atoms with Crippen molar-refractivity contribution in [1.29, 1.82) is 5.26 Å². The molecule has 0 radical (unpaired) electrons. The molecule has 3 aromatic rings. The number of ether oxygens (including phenoxy) is 3. The molecule has 0 atom stereocenters. The number of hydrogen-bond donors (Lipinski definition) is 1. The maximum Gasteiger partial charge on any atom is 0.373 e. The average molecular weight is 511 g/mol. The summed E-state index contributed by atoms with van der Waals surface area (Å²) in [6.45, 7) is 0.0571. The summed E-state index contributed by atoms with van der Waals surface area (Å²) < 4.78 is 21.9. The zero-order chi connectivity index (χ0) is 23.8. The lowest BCUT2D eigenvalue weighted by molar-refractivity contribution is -0.112. The van der Waals surface area contributed by atoms with Gasteiger partial charge >= 0.3 is 5.97 Å². The summed E-state index contributed by atoms with van der Waals surface area (Å²) in [5, 5.41) is 12.1. The van der Waals surface area contributed by atoms with E-state index in [4.69, 9.17) is 13.9 Å². The van der Waals surface area contributed by atoms with Gasteiger partial charge < -0.3 is 23.9 Å². The van der Waals surface area contributed by atoms with Crippen molar-refractivity contribution in [2.75, 3.05) is 19.5 Å². The van der Waals surface area contributed by atoms with Gasteiger partial charge in [-0.3, -0.25) is 4.79 Å². The Labute approximate surface area is 198 Å². The summed E-state index contributed by atoms with van der Waals surface area (Å²) >= 11 is 3.33. The lowest BCUT2D eigenvalue weighted by Gasteiger charge is -2.11. The summed E-state index contributed by atoms with van der Waals surface area (Å²) in [5.41, 5.74) is 1.08. The van der Waals surface area contributed by atoms with Crippen LogP contribution in [0.3, 0.4) is 0 Å². The number of furan rings is 1.